The molecule has 1 aliphatic heterocycles. The monoisotopic (exact) mass is 375 g/mol. The van der Waals surface area contributed by atoms with Crippen LogP contribution in [-0.2, 0) is 9.59 Å². The lowest BCUT2D eigenvalue weighted by Gasteiger charge is -2.20. The van der Waals surface area contributed by atoms with E-state index in [4.69, 9.17) is 12.2 Å². The van der Waals surface area contributed by atoms with Crippen molar-refractivity contribution < 1.29 is 24.9 Å². The third kappa shape index (κ3) is 3.35. The molecule has 1 aliphatic rings. The molecule has 2 heterocycles. The number of carbonyl (C=O) groups excluding carboxylic acids is 2. The van der Waals surface area contributed by atoms with Crippen LogP contribution in [-0.4, -0.2) is 21.6 Å². The largest absolute Gasteiger partial charge is 0.550 e. The SMILES string of the molecule is O=C([O-])C[C@@H](C(=O)[O-])n1c(O)c(C=C2N=c3ccccc3=N2)sc1=S. The van der Waals surface area contributed by atoms with Gasteiger partial charge < -0.3 is 24.9 Å². The lowest BCUT2D eigenvalue weighted by Crippen LogP contribution is -2.37. The van der Waals surface area contributed by atoms with Gasteiger partial charge in [-0.2, -0.15) is 0 Å². The van der Waals surface area contributed by atoms with E-state index in [0.29, 0.717) is 16.5 Å². The molecule has 0 saturated carbocycles. The van der Waals surface area contributed by atoms with Gasteiger partial charge in [0.15, 0.2) is 9.78 Å². The molecule has 10 heteroatoms. The van der Waals surface area contributed by atoms with Gasteiger partial charge in [-0.05, 0) is 24.4 Å². The van der Waals surface area contributed by atoms with Crippen LogP contribution < -0.4 is 20.9 Å². The fraction of sp³-hybridized carbons (Fsp3) is 0.133. The number of aromatic nitrogens is 1. The van der Waals surface area contributed by atoms with E-state index in [9.17, 15) is 24.9 Å². The molecule has 0 bridgehead atoms. The second-order valence-electron chi connectivity index (χ2n) is 5.05. The molecule has 8 nitrogen and oxygen atoms in total. The molecule has 1 aromatic carbocycles. The fourth-order valence-corrected chi connectivity index (χ4v) is 3.64. The molecule has 0 fully saturated rings. The maximum absolute atomic E-state index is 11.2. The maximum atomic E-state index is 11.2. The standard InChI is InChI=1S/C15H11N3O5S2/c19-12(20)5-9(14(22)23)18-13(21)10(25-15(18)24)6-11-16-7-3-1-2-4-8(7)17-11/h1-4,6,9,21H,5H2,(H,19,20)(H,22,23)/p-2/t9-/m0/s1. The van der Waals surface area contributed by atoms with Gasteiger partial charge in [-0.1, -0.05) is 12.1 Å². The van der Waals surface area contributed by atoms with Gasteiger partial charge >= 0.3 is 0 Å². The Labute approximate surface area is 149 Å². The van der Waals surface area contributed by atoms with Crippen LogP contribution in [0.1, 0.15) is 17.3 Å². The van der Waals surface area contributed by atoms with E-state index >= 15 is 0 Å². The topological polar surface area (TPSA) is 130 Å². The Hall–Kier alpha value is -2.85. The van der Waals surface area contributed by atoms with E-state index < -0.39 is 30.3 Å². The first-order valence-electron chi connectivity index (χ1n) is 6.96. The summed E-state index contributed by atoms with van der Waals surface area (Å²) in [6.07, 6.45) is 0.564. The van der Waals surface area contributed by atoms with E-state index in [1.54, 1.807) is 12.1 Å². The summed E-state index contributed by atoms with van der Waals surface area (Å²) in [7, 11) is 0. The van der Waals surface area contributed by atoms with Crippen molar-refractivity contribution in [1.29, 1.82) is 0 Å². The summed E-state index contributed by atoms with van der Waals surface area (Å²) in [6, 6.07) is 5.50. The molecule has 3 rings (SSSR count). The Morgan fingerprint density at radius 2 is 1.88 bits per heavy atom. The number of carbonyl (C=O) groups is 2. The van der Waals surface area contributed by atoms with Crippen molar-refractivity contribution >= 4 is 41.6 Å². The summed E-state index contributed by atoms with van der Waals surface area (Å²) in [5.74, 6) is -3.46. The summed E-state index contributed by atoms with van der Waals surface area (Å²) in [5, 5.41) is 33.6. The van der Waals surface area contributed by atoms with Gasteiger partial charge in [-0.25, -0.2) is 9.98 Å². The van der Waals surface area contributed by atoms with Gasteiger partial charge in [0.1, 0.15) is 0 Å². The van der Waals surface area contributed by atoms with E-state index in [0.717, 1.165) is 15.9 Å². The average Bonchev–Trinajstić information content (AvgIpc) is 3.06. The lowest BCUT2D eigenvalue weighted by molar-refractivity contribution is -0.319. The van der Waals surface area contributed by atoms with Crippen LogP contribution in [0.3, 0.4) is 0 Å². The van der Waals surface area contributed by atoms with Crippen molar-refractivity contribution in [2.45, 2.75) is 12.5 Å². The number of thiazole rings is 1. The number of carboxylic acid groups (broad SMARTS) is 2. The summed E-state index contributed by atoms with van der Waals surface area (Å²) in [5.41, 5.74) is 0. The molecule has 0 aliphatic carbocycles. The highest BCUT2D eigenvalue weighted by molar-refractivity contribution is 7.73. The van der Waals surface area contributed by atoms with E-state index in [2.05, 4.69) is 9.98 Å². The molecule has 0 amide bonds. The number of benzene rings is 1. The Bertz CT molecular complexity index is 1050. The molecule has 1 atom stereocenters. The summed E-state index contributed by atoms with van der Waals surface area (Å²) in [6.45, 7) is 0. The van der Waals surface area contributed by atoms with Crippen LogP contribution in [0.15, 0.2) is 40.1 Å². The predicted molar refractivity (Wildman–Crippen MR) is 85.2 cm³/mol. The second kappa shape index (κ2) is 6.57. The average molecular weight is 375 g/mol. The zero-order chi connectivity index (χ0) is 18.1. The number of hydrogen-bond acceptors (Lipinski definition) is 9. The number of nitrogens with zero attached hydrogens (tertiary/aromatic N) is 3. The van der Waals surface area contributed by atoms with Crippen molar-refractivity contribution in [3.63, 3.8) is 0 Å². The number of rotatable bonds is 5. The Morgan fingerprint density at radius 1 is 1.28 bits per heavy atom. The van der Waals surface area contributed by atoms with Gasteiger partial charge in [0, 0.05) is 18.5 Å². The van der Waals surface area contributed by atoms with Crippen LogP contribution in [0.5, 0.6) is 5.88 Å². The molecule has 1 aromatic heterocycles. The minimum Gasteiger partial charge on any atom is -0.550 e. The molecule has 0 radical (unpaired) electrons. The summed E-state index contributed by atoms with van der Waals surface area (Å²) in [4.78, 5) is 30.7. The third-order valence-corrected chi connectivity index (χ3v) is 4.74. The van der Waals surface area contributed by atoms with E-state index in [1.807, 2.05) is 12.1 Å². The van der Waals surface area contributed by atoms with Crippen molar-refractivity contribution in [1.82, 2.24) is 4.57 Å². The summed E-state index contributed by atoms with van der Waals surface area (Å²) >= 11 is 5.95. The van der Waals surface area contributed by atoms with Crippen molar-refractivity contribution in [2.75, 3.05) is 0 Å². The third-order valence-electron chi connectivity index (χ3n) is 3.40. The molecule has 0 unspecified atom stereocenters. The molecule has 0 saturated heterocycles. The highest BCUT2D eigenvalue weighted by atomic mass is 32.1. The van der Waals surface area contributed by atoms with Crippen LogP contribution in [0.25, 0.3) is 6.08 Å². The fourth-order valence-electron chi connectivity index (χ4n) is 2.31. The highest BCUT2D eigenvalue weighted by Gasteiger charge is 2.21. The van der Waals surface area contributed by atoms with Crippen LogP contribution in [0.4, 0.5) is 0 Å². The minimum atomic E-state index is -1.68. The van der Waals surface area contributed by atoms with E-state index in [1.165, 1.54) is 6.08 Å². The molecule has 128 valence electrons. The van der Waals surface area contributed by atoms with Crippen molar-refractivity contribution in [2.24, 2.45) is 9.98 Å². The number of aliphatic carboxylic acids is 2. The van der Waals surface area contributed by atoms with Crippen molar-refractivity contribution in [3.8, 4) is 5.88 Å². The first-order chi connectivity index (χ1) is 11.9. The Balaban J connectivity index is 2.05. The van der Waals surface area contributed by atoms with Gasteiger partial charge in [0.25, 0.3) is 0 Å². The number of para-hydroxylation sites is 2. The second-order valence-corrected chi connectivity index (χ2v) is 6.73. The Morgan fingerprint density at radius 3 is 2.40 bits per heavy atom. The van der Waals surface area contributed by atoms with Crippen molar-refractivity contribution in [3.05, 3.63) is 49.6 Å². The van der Waals surface area contributed by atoms with Crippen LogP contribution >= 0.6 is 23.6 Å². The smallest absolute Gasteiger partial charge is 0.211 e. The summed E-state index contributed by atoms with van der Waals surface area (Å²) < 4.78 is 0.801. The normalized spacial score (nSPS) is 13.5. The Kier molecular flexibility index (Phi) is 4.47. The van der Waals surface area contributed by atoms with Gasteiger partial charge in [0.2, 0.25) is 5.88 Å². The number of hydrogen-bond donors (Lipinski definition) is 1. The van der Waals surface area contributed by atoms with Gasteiger partial charge in [-0.3, -0.25) is 4.57 Å². The molecular formula is C15H9N3O5S2-2. The lowest BCUT2D eigenvalue weighted by atomic mass is 10.2. The zero-order valence-electron chi connectivity index (χ0n) is 12.4. The number of aromatic hydroxyl groups is 1. The number of fused-ring (bicyclic) bond motifs is 1. The van der Waals surface area contributed by atoms with E-state index in [-0.39, 0.29) is 8.83 Å². The first kappa shape index (κ1) is 17.0. The first-order valence-corrected chi connectivity index (χ1v) is 8.18. The van der Waals surface area contributed by atoms with Crippen LogP contribution in [0, 0.1) is 3.95 Å². The van der Waals surface area contributed by atoms with Crippen LogP contribution in [0.2, 0.25) is 0 Å². The molecule has 1 N–H and O–H groups in total. The van der Waals surface area contributed by atoms with Gasteiger partial charge in [0.05, 0.1) is 27.6 Å². The number of carboxylic acids is 2. The zero-order valence-corrected chi connectivity index (χ0v) is 14.0. The highest BCUT2D eigenvalue weighted by Crippen LogP contribution is 2.32. The van der Waals surface area contributed by atoms with Gasteiger partial charge in [-0.15, -0.1) is 11.3 Å². The minimum absolute atomic E-state index is 0.0182. The molecule has 25 heavy (non-hydrogen) atoms. The maximum Gasteiger partial charge on any atom is 0.211 e. The molecule has 0 spiro atoms. The predicted octanol–water partition coefficient (Wildman–Crippen LogP) is -1.33. The molecular weight excluding hydrogens is 366 g/mol. The quantitative estimate of drug-likeness (QED) is 0.644. The molecule has 2 aromatic rings.